The third kappa shape index (κ3) is 4.43. The summed E-state index contributed by atoms with van der Waals surface area (Å²) in [6, 6.07) is 29.4. The zero-order valence-electron chi connectivity index (χ0n) is 29.3. The highest BCUT2D eigenvalue weighted by atomic mass is 32.1. The van der Waals surface area contributed by atoms with E-state index < -0.39 is 5.41 Å². The summed E-state index contributed by atoms with van der Waals surface area (Å²) >= 11 is 3.61. The smallest absolute Gasteiger partial charge is 0.132 e. The molecule has 0 amide bonds. The quantitative estimate of drug-likeness (QED) is 0.197. The van der Waals surface area contributed by atoms with Crippen molar-refractivity contribution >= 4 is 59.0 Å². The number of hydrogen-bond acceptors (Lipinski definition) is 6. The van der Waals surface area contributed by atoms with Gasteiger partial charge in [-0.2, -0.15) is 0 Å². The van der Waals surface area contributed by atoms with E-state index in [1.54, 1.807) is 17.5 Å². The Kier molecular flexibility index (Phi) is 6.92. The summed E-state index contributed by atoms with van der Waals surface area (Å²) in [4.78, 5) is 5.70. The summed E-state index contributed by atoms with van der Waals surface area (Å²) in [5.41, 5.74) is 15.4. The summed E-state index contributed by atoms with van der Waals surface area (Å²) in [5, 5.41) is 3.74. The van der Waals surface area contributed by atoms with Crippen LogP contribution in [-0.2, 0) is 5.41 Å². The highest BCUT2D eigenvalue weighted by molar-refractivity contribution is 7.26. The molecule has 4 nitrogen and oxygen atoms in total. The Hall–Kier alpha value is -5.43. The van der Waals surface area contributed by atoms with Crippen LogP contribution < -0.4 is 15.2 Å². The number of nitrogens with zero attached hydrogens (tertiary/aromatic N) is 1. The maximum atomic E-state index is 7.06. The van der Waals surface area contributed by atoms with Crippen LogP contribution in [0.1, 0.15) is 53.7 Å². The molecule has 2 N–H and O–H groups in total. The minimum absolute atomic E-state index is 0.130. The molecular weight excluding hydrogens is 689 g/mol. The van der Waals surface area contributed by atoms with Crippen molar-refractivity contribution < 1.29 is 9.47 Å². The van der Waals surface area contributed by atoms with Gasteiger partial charge in [0.05, 0.1) is 5.41 Å². The molecule has 2 aliphatic heterocycles. The molecule has 0 saturated carbocycles. The van der Waals surface area contributed by atoms with Crippen molar-refractivity contribution in [1.82, 2.24) is 4.98 Å². The first kappa shape index (κ1) is 31.1. The van der Waals surface area contributed by atoms with E-state index in [1.165, 1.54) is 68.5 Å². The Morgan fingerprint density at radius 1 is 0.811 bits per heavy atom. The Bertz CT molecular complexity index is 2810. The van der Waals surface area contributed by atoms with E-state index in [0.717, 1.165) is 66.2 Å². The van der Waals surface area contributed by atoms with Crippen molar-refractivity contribution in [3.8, 4) is 33.8 Å². The van der Waals surface area contributed by atoms with Gasteiger partial charge in [-0.15, -0.1) is 22.7 Å². The Morgan fingerprint density at radius 3 is 2.34 bits per heavy atom. The molecule has 2 unspecified atom stereocenters. The van der Waals surface area contributed by atoms with Gasteiger partial charge in [0.15, 0.2) is 0 Å². The van der Waals surface area contributed by atoms with E-state index in [0.29, 0.717) is 0 Å². The molecule has 11 rings (SSSR count). The average molecular weight is 725 g/mol. The standard InChI is InChI=1S/C47H36N2O2S2/c1-27-41(20-22-48)52-43-14-6-8-30(45(27)43)28-16-18-35-39(24-28)50-37-12-4-2-10-33(37)47(35)34-11-3-5-13-38(34)51-40-25-29(17-19-36(40)47)31-9-7-15-44-46(31)32-26-49-23-21-42(32)53-44/h2,4,6-9,12,14-26,33H,3,5,10-11,13,48H2,1H3/b22-20-. The van der Waals surface area contributed by atoms with E-state index >= 15 is 0 Å². The highest BCUT2D eigenvalue weighted by Crippen LogP contribution is 2.63. The van der Waals surface area contributed by atoms with Crippen LogP contribution in [0.5, 0.6) is 11.5 Å². The number of fused-ring (bicyclic) bond motifs is 11. The molecule has 7 aromatic rings. The predicted octanol–water partition coefficient (Wildman–Crippen LogP) is 12.6. The zero-order valence-corrected chi connectivity index (χ0v) is 31.0. The number of ether oxygens (including phenoxy) is 2. The highest BCUT2D eigenvalue weighted by Gasteiger charge is 2.56. The van der Waals surface area contributed by atoms with Gasteiger partial charge in [0, 0.05) is 71.0 Å². The van der Waals surface area contributed by atoms with Crippen molar-refractivity contribution in [3.05, 3.63) is 154 Å². The molecule has 4 aromatic carbocycles. The average Bonchev–Trinajstić information content (AvgIpc) is 3.74. The number of nitrogens with two attached hydrogens (primary N) is 1. The maximum absolute atomic E-state index is 7.06. The van der Waals surface area contributed by atoms with Crippen molar-refractivity contribution in [1.29, 1.82) is 0 Å². The van der Waals surface area contributed by atoms with Gasteiger partial charge in [-0.25, -0.2) is 0 Å². The van der Waals surface area contributed by atoms with Gasteiger partial charge in [0.25, 0.3) is 0 Å². The number of benzene rings is 4. The molecular formula is C47H36N2O2S2. The number of thiophene rings is 2. The molecule has 5 heterocycles. The van der Waals surface area contributed by atoms with Crippen molar-refractivity contribution in [3.63, 3.8) is 0 Å². The number of hydrogen-bond donors (Lipinski definition) is 1. The third-order valence-corrected chi connectivity index (χ3v) is 14.3. The molecule has 2 aliphatic carbocycles. The van der Waals surface area contributed by atoms with Crippen LogP contribution in [0.15, 0.2) is 133 Å². The monoisotopic (exact) mass is 724 g/mol. The lowest BCUT2D eigenvalue weighted by Crippen LogP contribution is -2.47. The van der Waals surface area contributed by atoms with Gasteiger partial charge in [-0.05, 0) is 115 Å². The largest absolute Gasteiger partial charge is 0.461 e. The minimum Gasteiger partial charge on any atom is -0.461 e. The van der Waals surface area contributed by atoms with Gasteiger partial charge >= 0.3 is 0 Å². The molecule has 53 heavy (non-hydrogen) atoms. The molecule has 0 fully saturated rings. The van der Waals surface area contributed by atoms with Crippen LogP contribution in [0.4, 0.5) is 0 Å². The molecule has 2 atom stereocenters. The van der Waals surface area contributed by atoms with Gasteiger partial charge in [-0.1, -0.05) is 60.7 Å². The van der Waals surface area contributed by atoms with E-state index in [9.17, 15) is 0 Å². The lowest BCUT2D eigenvalue weighted by Gasteiger charge is -2.52. The number of aryl methyl sites for hydroxylation is 1. The minimum atomic E-state index is -0.404. The van der Waals surface area contributed by atoms with Crippen LogP contribution in [0.25, 0.3) is 58.6 Å². The number of allylic oxidation sites excluding steroid dienone is 6. The lowest BCUT2D eigenvalue weighted by molar-refractivity contribution is 0.215. The van der Waals surface area contributed by atoms with E-state index in [-0.39, 0.29) is 5.92 Å². The van der Waals surface area contributed by atoms with Crippen molar-refractivity contribution in [2.24, 2.45) is 11.7 Å². The van der Waals surface area contributed by atoms with Gasteiger partial charge < -0.3 is 15.2 Å². The number of rotatable bonds is 3. The SMILES string of the molecule is Cc1c(/C=C\N)sc2cccc(-c3ccc4c(c3)OC3=CC=CCC3C43C4=C(CCCC4)Oc4cc(-c5cccc6sc7ccncc7c56)ccc43)c12. The van der Waals surface area contributed by atoms with Crippen LogP contribution in [0.3, 0.4) is 0 Å². The number of aromatic nitrogens is 1. The zero-order chi connectivity index (χ0) is 35.3. The Balaban J connectivity index is 1.14. The van der Waals surface area contributed by atoms with Crippen LogP contribution >= 0.6 is 22.7 Å². The molecule has 4 aliphatic rings. The fraction of sp³-hybridized carbons (Fsp3) is 0.170. The topological polar surface area (TPSA) is 57.4 Å². The predicted molar refractivity (Wildman–Crippen MR) is 221 cm³/mol. The summed E-state index contributed by atoms with van der Waals surface area (Å²) in [5.74, 6) is 4.21. The summed E-state index contributed by atoms with van der Waals surface area (Å²) in [7, 11) is 0. The molecule has 0 saturated heterocycles. The fourth-order valence-electron chi connectivity index (χ4n) is 9.75. The molecule has 258 valence electrons. The van der Waals surface area contributed by atoms with Gasteiger partial charge in [0.1, 0.15) is 23.0 Å². The first-order chi connectivity index (χ1) is 26.1. The molecule has 1 spiro atoms. The van der Waals surface area contributed by atoms with E-state index in [2.05, 4.69) is 109 Å². The summed E-state index contributed by atoms with van der Waals surface area (Å²) in [6.45, 7) is 2.20. The summed E-state index contributed by atoms with van der Waals surface area (Å²) in [6.07, 6.45) is 19.4. The first-order valence-corrected chi connectivity index (χ1v) is 20.2. The van der Waals surface area contributed by atoms with Gasteiger partial charge in [0.2, 0.25) is 0 Å². The normalized spacial score (nSPS) is 20.3. The fourth-order valence-corrected chi connectivity index (χ4v) is 12.0. The van der Waals surface area contributed by atoms with E-state index in [4.69, 9.17) is 15.2 Å². The van der Waals surface area contributed by atoms with Crippen LogP contribution in [0.2, 0.25) is 0 Å². The second-order valence-electron chi connectivity index (χ2n) is 14.6. The Morgan fingerprint density at radius 2 is 1.55 bits per heavy atom. The second-order valence-corrected chi connectivity index (χ2v) is 16.8. The molecule has 0 bridgehead atoms. The maximum Gasteiger partial charge on any atom is 0.132 e. The van der Waals surface area contributed by atoms with Crippen molar-refractivity contribution in [2.45, 2.75) is 44.4 Å². The van der Waals surface area contributed by atoms with Crippen LogP contribution in [0, 0.1) is 12.8 Å². The second kappa shape index (κ2) is 11.8. The molecule has 6 heteroatoms. The third-order valence-electron chi connectivity index (χ3n) is 12.0. The van der Waals surface area contributed by atoms with E-state index in [1.807, 2.05) is 29.8 Å². The molecule has 3 aromatic heterocycles. The first-order valence-electron chi connectivity index (χ1n) is 18.5. The van der Waals surface area contributed by atoms with Crippen LogP contribution in [-0.4, -0.2) is 4.98 Å². The van der Waals surface area contributed by atoms with Gasteiger partial charge in [-0.3, -0.25) is 4.98 Å². The van der Waals surface area contributed by atoms with Crippen molar-refractivity contribution in [2.75, 3.05) is 0 Å². The summed E-state index contributed by atoms with van der Waals surface area (Å²) < 4.78 is 17.8. The number of pyridine rings is 1. The molecule has 0 radical (unpaired) electrons. The Labute approximate surface area is 316 Å². The lowest BCUT2D eigenvalue weighted by atomic mass is 9.55.